The predicted molar refractivity (Wildman–Crippen MR) is 113 cm³/mol. The van der Waals surface area contributed by atoms with Crippen LogP contribution in [0.25, 0.3) is 6.08 Å². The van der Waals surface area contributed by atoms with Gasteiger partial charge in [-0.2, -0.15) is 0 Å². The van der Waals surface area contributed by atoms with Crippen molar-refractivity contribution in [1.29, 1.82) is 0 Å². The quantitative estimate of drug-likeness (QED) is 0.409. The van der Waals surface area contributed by atoms with Crippen LogP contribution in [0.15, 0.2) is 36.4 Å². The first kappa shape index (κ1) is 21.5. The first-order valence-electron chi connectivity index (χ1n) is 10.0. The molecule has 0 unspecified atom stereocenters. The highest BCUT2D eigenvalue weighted by molar-refractivity contribution is 6.07. The second kappa shape index (κ2) is 10.5. The molecule has 2 rings (SSSR count). The lowest BCUT2D eigenvalue weighted by atomic mass is 9.96. The lowest BCUT2D eigenvalue weighted by Gasteiger charge is -2.18. The van der Waals surface area contributed by atoms with Crippen LogP contribution in [0.3, 0.4) is 0 Å². The zero-order chi connectivity index (χ0) is 20.5. The van der Waals surface area contributed by atoms with E-state index in [2.05, 4.69) is 13.8 Å². The van der Waals surface area contributed by atoms with E-state index in [1.54, 1.807) is 18.2 Å². The fourth-order valence-electron chi connectivity index (χ4n) is 3.12. The summed E-state index contributed by atoms with van der Waals surface area (Å²) in [5.74, 6) is 0.957. The molecule has 2 aromatic carbocycles. The van der Waals surface area contributed by atoms with E-state index in [9.17, 15) is 15.0 Å². The van der Waals surface area contributed by atoms with Crippen LogP contribution in [0.2, 0.25) is 0 Å². The Morgan fingerprint density at radius 2 is 1.68 bits per heavy atom. The predicted octanol–water partition coefficient (Wildman–Crippen LogP) is 5.69. The van der Waals surface area contributed by atoms with Gasteiger partial charge in [-0.25, -0.2) is 0 Å². The molecule has 2 N–H and O–H groups in total. The van der Waals surface area contributed by atoms with Crippen molar-refractivity contribution in [2.75, 3.05) is 6.61 Å². The number of hydrogen-bond donors (Lipinski definition) is 2. The number of aryl methyl sites for hydroxylation is 1. The molecule has 0 fully saturated rings. The molecule has 0 aromatic heterocycles. The van der Waals surface area contributed by atoms with Gasteiger partial charge in [0.2, 0.25) is 0 Å². The third-order valence-electron chi connectivity index (χ3n) is 4.49. The summed E-state index contributed by atoms with van der Waals surface area (Å²) in [7, 11) is 0. The second-order valence-corrected chi connectivity index (χ2v) is 6.87. The molecule has 0 spiro atoms. The number of aromatic hydroxyl groups is 2. The summed E-state index contributed by atoms with van der Waals surface area (Å²) in [5, 5.41) is 20.1. The summed E-state index contributed by atoms with van der Waals surface area (Å²) < 4.78 is 5.98. The molecule has 28 heavy (non-hydrogen) atoms. The molecule has 0 aliphatic carbocycles. The number of rotatable bonds is 10. The van der Waals surface area contributed by atoms with E-state index in [0.29, 0.717) is 23.7 Å². The summed E-state index contributed by atoms with van der Waals surface area (Å²) in [4.78, 5) is 12.5. The Kier molecular flexibility index (Phi) is 8.12. The van der Waals surface area contributed by atoms with Crippen LogP contribution in [0.5, 0.6) is 17.2 Å². The topological polar surface area (TPSA) is 66.8 Å². The van der Waals surface area contributed by atoms with Crippen LogP contribution in [-0.4, -0.2) is 22.6 Å². The maximum Gasteiger partial charge on any atom is 0.185 e. The van der Waals surface area contributed by atoms with E-state index in [1.165, 1.54) is 18.2 Å². The maximum absolute atomic E-state index is 12.5. The Hall–Kier alpha value is -2.75. The van der Waals surface area contributed by atoms with Crippen molar-refractivity contribution in [3.05, 3.63) is 58.7 Å². The zero-order valence-electron chi connectivity index (χ0n) is 17.0. The molecule has 150 valence electrons. The Bertz CT molecular complexity index is 819. The van der Waals surface area contributed by atoms with E-state index in [0.717, 1.165) is 48.8 Å². The molecule has 0 heterocycles. The third-order valence-corrected chi connectivity index (χ3v) is 4.49. The summed E-state index contributed by atoms with van der Waals surface area (Å²) in [6, 6.07) is 8.10. The lowest BCUT2D eigenvalue weighted by molar-refractivity contribution is 0.104. The molecule has 0 radical (unpaired) electrons. The first-order valence-corrected chi connectivity index (χ1v) is 10.0. The van der Waals surface area contributed by atoms with Crippen molar-refractivity contribution < 1.29 is 19.7 Å². The van der Waals surface area contributed by atoms with Gasteiger partial charge in [-0.1, -0.05) is 33.6 Å². The molecule has 2 aromatic rings. The minimum atomic E-state index is -0.149. The van der Waals surface area contributed by atoms with Crippen molar-refractivity contribution in [1.82, 2.24) is 0 Å². The van der Waals surface area contributed by atoms with Gasteiger partial charge < -0.3 is 14.9 Å². The number of carbonyl (C=O) groups is 1. The number of allylic oxidation sites excluding steroid dienone is 1. The smallest absolute Gasteiger partial charge is 0.185 e. The molecule has 0 amide bonds. The van der Waals surface area contributed by atoms with Crippen molar-refractivity contribution >= 4 is 11.9 Å². The highest BCUT2D eigenvalue weighted by Crippen LogP contribution is 2.37. The molecule has 0 saturated carbocycles. The number of hydrogen-bond acceptors (Lipinski definition) is 4. The average Bonchev–Trinajstić information content (AvgIpc) is 2.69. The Morgan fingerprint density at radius 1 is 1.00 bits per heavy atom. The summed E-state index contributed by atoms with van der Waals surface area (Å²) >= 11 is 0. The second-order valence-electron chi connectivity index (χ2n) is 6.87. The van der Waals surface area contributed by atoms with Gasteiger partial charge >= 0.3 is 0 Å². The van der Waals surface area contributed by atoms with Crippen molar-refractivity contribution in [2.24, 2.45) is 0 Å². The summed E-state index contributed by atoms with van der Waals surface area (Å²) in [6.45, 7) is 6.73. The molecule has 0 aliphatic heterocycles. The molecule has 0 saturated heterocycles. The van der Waals surface area contributed by atoms with E-state index < -0.39 is 0 Å². The molecular weight excluding hydrogens is 352 g/mol. The van der Waals surface area contributed by atoms with Crippen LogP contribution < -0.4 is 4.74 Å². The number of phenols is 2. The number of benzene rings is 2. The van der Waals surface area contributed by atoms with Gasteiger partial charge in [-0.05, 0) is 67.3 Å². The van der Waals surface area contributed by atoms with Gasteiger partial charge in [0.05, 0.1) is 6.61 Å². The lowest BCUT2D eigenvalue weighted by Crippen LogP contribution is -2.04. The number of ketones is 1. The molecule has 0 bridgehead atoms. The minimum Gasteiger partial charge on any atom is -0.508 e. The van der Waals surface area contributed by atoms with Gasteiger partial charge in [0.15, 0.2) is 5.78 Å². The molecular formula is C24H30O4. The van der Waals surface area contributed by atoms with Crippen molar-refractivity contribution in [3.63, 3.8) is 0 Å². The Labute approximate surface area is 167 Å². The fourth-order valence-corrected chi connectivity index (χ4v) is 3.12. The number of ether oxygens (including phenoxy) is 1. The van der Waals surface area contributed by atoms with E-state index in [-0.39, 0.29) is 11.5 Å². The molecule has 4 heteroatoms. The first-order chi connectivity index (χ1) is 13.5. The number of carbonyl (C=O) groups excluding carboxylic acids is 1. The van der Waals surface area contributed by atoms with Crippen LogP contribution in [-0.2, 0) is 12.8 Å². The van der Waals surface area contributed by atoms with Crippen LogP contribution >= 0.6 is 0 Å². The van der Waals surface area contributed by atoms with Crippen molar-refractivity contribution in [3.8, 4) is 17.2 Å². The van der Waals surface area contributed by atoms with E-state index >= 15 is 0 Å². The van der Waals surface area contributed by atoms with Gasteiger partial charge in [0.25, 0.3) is 0 Å². The van der Waals surface area contributed by atoms with Gasteiger partial charge in [0.1, 0.15) is 17.2 Å². The van der Waals surface area contributed by atoms with E-state index in [4.69, 9.17) is 4.74 Å². The zero-order valence-corrected chi connectivity index (χ0v) is 17.0. The average molecular weight is 383 g/mol. The van der Waals surface area contributed by atoms with E-state index in [1.807, 2.05) is 13.0 Å². The minimum absolute atomic E-state index is 0.128. The Morgan fingerprint density at radius 3 is 2.29 bits per heavy atom. The monoisotopic (exact) mass is 382 g/mol. The van der Waals surface area contributed by atoms with Gasteiger partial charge in [-0.15, -0.1) is 0 Å². The largest absolute Gasteiger partial charge is 0.508 e. The third kappa shape index (κ3) is 5.38. The van der Waals surface area contributed by atoms with Crippen LogP contribution in [0, 0.1) is 0 Å². The molecule has 0 aliphatic rings. The SMILES string of the molecule is CCCOc1c(/C=C/C(=O)c2ccc(O)cc2)cc(CCC)c(O)c1CCC. The highest BCUT2D eigenvalue weighted by Gasteiger charge is 2.17. The Balaban J connectivity index is 2.46. The van der Waals surface area contributed by atoms with Gasteiger partial charge in [-0.3, -0.25) is 4.79 Å². The molecule has 4 nitrogen and oxygen atoms in total. The van der Waals surface area contributed by atoms with Crippen LogP contribution in [0.4, 0.5) is 0 Å². The summed E-state index contributed by atoms with van der Waals surface area (Å²) in [6.07, 6.45) is 7.43. The van der Waals surface area contributed by atoms with Crippen molar-refractivity contribution in [2.45, 2.75) is 52.9 Å². The van der Waals surface area contributed by atoms with Crippen LogP contribution in [0.1, 0.15) is 67.1 Å². The highest BCUT2D eigenvalue weighted by atomic mass is 16.5. The van der Waals surface area contributed by atoms with Gasteiger partial charge in [0, 0.05) is 16.7 Å². The standard InChI is InChI=1S/C24H30O4/c1-4-7-18-16-19(11-14-22(26)17-9-12-20(25)13-10-17)24(28-15-6-3)21(8-5-2)23(18)27/h9-14,16,25,27H,4-8,15H2,1-3H3/b14-11+. The fraction of sp³-hybridized carbons (Fsp3) is 0.375. The summed E-state index contributed by atoms with van der Waals surface area (Å²) in [5.41, 5.74) is 3.02. The maximum atomic E-state index is 12.5. The molecule has 0 atom stereocenters. The number of phenolic OH excluding ortho intramolecular Hbond substituents is 2. The normalized spacial score (nSPS) is 11.1.